The molecule has 3 rings (SSSR count). The number of aromatic nitrogens is 1. The van der Waals surface area contributed by atoms with Crippen molar-refractivity contribution in [1.82, 2.24) is 4.98 Å². The second kappa shape index (κ2) is 4.48. The topological polar surface area (TPSA) is 44.9 Å². The van der Waals surface area contributed by atoms with Crippen LogP contribution in [0.1, 0.15) is 10.5 Å². The molecule has 2 N–H and O–H groups in total. The summed E-state index contributed by atoms with van der Waals surface area (Å²) < 4.78 is 1.08. The highest BCUT2D eigenvalue weighted by atomic mass is 35.5. The lowest BCUT2D eigenvalue weighted by atomic mass is 10.3. The molecule has 3 aromatic rings. The van der Waals surface area contributed by atoms with E-state index in [1.54, 1.807) is 35.6 Å². The van der Waals surface area contributed by atoms with E-state index < -0.39 is 0 Å². The molecule has 0 spiro atoms. The molecule has 0 radical (unpaired) electrons. The third kappa shape index (κ3) is 2.12. The normalized spacial score (nSPS) is 10.7. The van der Waals surface area contributed by atoms with Crippen LogP contribution in [0.5, 0.6) is 0 Å². The Labute approximate surface area is 112 Å². The van der Waals surface area contributed by atoms with Crippen LogP contribution in [0.3, 0.4) is 0 Å². The first-order chi connectivity index (χ1) is 8.72. The highest BCUT2D eigenvalue weighted by molar-refractivity contribution is 7.17. The van der Waals surface area contributed by atoms with Crippen LogP contribution in [0.4, 0.5) is 5.69 Å². The maximum absolute atomic E-state index is 12.0. The van der Waals surface area contributed by atoms with Crippen molar-refractivity contribution < 1.29 is 4.79 Å². The maximum atomic E-state index is 12.0. The minimum atomic E-state index is -0.166. The van der Waals surface area contributed by atoms with E-state index in [9.17, 15) is 4.79 Å². The molecule has 0 unspecified atom stereocenters. The standard InChI is InChI=1S/C13H9ClN2OS/c14-8-2-1-3-9(6-8)15-13(17)11-7-12-10(16-11)4-5-18-12/h1-7,16H,(H,15,17). The monoisotopic (exact) mass is 276 g/mol. The Kier molecular flexibility index (Phi) is 2.81. The number of hydrogen-bond donors (Lipinski definition) is 2. The summed E-state index contributed by atoms with van der Waals surface area (Å²) in [7, 11) is 0. The van der Waals surface area contributed by atoms with E-state index in [1.807, 2.05) is 17.5 Å². The van der Waals surface area contributed by atoms with Crippen LogP contribution < -0.4 is 5.32 Å². The number of carbonyl (C=O) groups excluding carboxylic acids is 1. The van der Waals surface area contributed by atoms with Gasteiger partial charge in [-0.05, 0) is 35.7 Å². The number of rotatable bonds is 2. The van der Waals surface area contributed by atoms with E-state index in [-0.39, 0.29) is 5.91 Å². The van der Waals surface area contributed by atoms with Gasteiger partial charge in [-0.2, -0.15) is 0 Å². The predicted octanol–water partition coefficient (Wildman–Crippen LogP) is 4.14. The molecule has 2 heterocycles. The van der Waals surface area contributed by atoms with E-state index in [1.165, 1.54) is 0 Å². The first-order valence-electron chi connectivity index (χ1n) is 5.35. The molecular weight excluding hydrogens is 268 g/mol. The smallest absolute Gasteiger partial charge is 0.272 e. The van der Waals surface area contributed by atoms with Crippen molar-refractivity contribution in [3.05, 3.63) is 52.5 Å². The summed E-state index contributed by atoms with van der Waals surface area (Å²) in [5.74, 6) is -0.166. The summed E-state index contributed by atoms with van der Waals surface area (Å²) in [6.07, 6.45) is 0. The lowest BCUT2D eigenvalue weighted by molar-refractivity contribution is 0.102. The van der Waals surface area contributed by atoms with Gasteiger partial charge >= 0.3 is 0 Å². The van der Waals surface area contributed by atoms with Gasteiger partial charge in [-0.25, -0.2) is 0 Å². The third-order valence-electron chi connectivity index (χ3n) is 2.57. The van der Waals surface area contributed by atoms with Crippen LogP contribution in [0, 0.1) is 0 Å². The van der Waals surface area contributed by atoms with Crippen molar-refractivity contribution in [1.29, 1.82) is 0 Å². The Hall–Kier alpha value is -1.78. The Morgan fingerprint density at radius 1 is 1.28 bits per heavy atom. The lowest BCUT2D eigenvalue weighted by Gasteiger charge is -2.03. The first kappa shape index (κ1) is 11.3. The molecule has 1 aromatic carbocycles. The average molecular weight is 277 g/mol. The molecule has 0 fully saturated rings. The van der Waals surface area contributed by atoms with Gasteiger partial charge in [0, 0.05) is 10.7 Å². The van der Waals surface area contributed by atoms with E-state index in [2.05, 4.69) is 10.3 Å². The van der Waals surface area contributed by atoms with Gasteiger partial charge < -0.3 is 10.3 Å². The van der Waals surface area contributed by atoms with Crippen LogP contribution in [0.15, 0.2) is 41.8 Å². The first-order valence-corrected chi connectivity index (χ1v) is 6.61. The summed E-state index contributed by atoms with van der Waals surface area (Å²) in [4.78, 5) is 15.1. The zero-order valence-electron chi connectivity index (χ0n) is 9.24. The van der Waals surface area contributed by atoms with Crippen LogP contribution in [-0.4, -0.2) is 10.9 Å². The Morgan fingerprint density at radius 2 is 2.17 bits per heavy atom. The molecule has 0 aliphatic rings. The molecule has 5 heteroatoms. The summed E-state index contributed by atoms with van der Waals surface area (Å²) in [6.45, 7) is 0. The average Bonchev–Trinajstić information content (AvgIpc) is 2.88. The molecule has 0 saturated carbocycles. The predicted molar refractivity (Wildman–Crippen MR) is 75.6 cm³/mol. The number of halogens is 1. The van der Waals surface area contributed by atoms with E-state index in [0.717, 1.165) is 10.2 Å². The van der Waals surface area contributed by atoms with Crippen molar-refractivity contribution >= 4 is 44.7 Å². The van der Waals surface area contributed by atoms with Crippen molar-refractivity contribution in [2.24, 2.45) is 0 Å². The summed E-state index contributed by atoms with van der Waals surface area (Å²) >= 11 is 7.47. The molecule has 0 atom stereocenters. The molecule has 90 valence electrons. The molecular formula is C13H9ClN2OS. The molecule has 0 bridgehead atoms. The molecule has 18 heavy (non-hydrogen) atoms. The van der Waals surface area contributed by atoms with E-state index in [0.29, 0.717) is 16.4 Å². The quantitative estimate of drug-likeness (QED) is 0.726. The van der Waals surface area contributed by atoms with Crippen molar-refractivity contribution in [3.63, 3.8) is 0 Å². The molecule has 2 aromatic heterocycles. The van der Waals surface area contributed by atoms with Gasteiger partial charge in [0.25, 0.3) is 5.91 Å². The number of amides is 1. The Bertz CT molecular complexity index is 688. The minimum absolute atomic E-state index is 0.166. The van der Waals surface area contributed by atoms with Crippen LogP contribution in [0.25, 0.3) is 10.2 Å². The third-order valence-corrected chi connectivity index (χ3v) is 3.67. The van der Waals surface area contributed by atoms with Gasteiger partial charge in [-0.1, -0.05) is 17.7 Å². The van der Waals surface area contributed by atoms with Crippen LogP contribution in [-0.2, 0) is 0 Å². The van der Waals surface area contributed by atoms with Gasteiger partial charge in [0.2, 0.25) is 0 Å². The number of nitrogens with one attached hydrogen (secondary N) is 2. The number of hydrogen-bond acceptors (Lipinski definition) is 2. The van der Waals surface area contributed by atoms with Crippen molar-refractivity contribution in [2.45, 2.75) is 0 Å². The number of aromatic amines is 1. The van der Waals surface area contributed by atoms with Gasteiger partial charge in [0.15, 0.2) is 0 Å². The SMILES string of the molecule is O=C(Nc1cccc(Cl)c1)c1cc2sccc2[nH]1. The van der Waals surface area contributed by atoms with Gasteiger partial charge in [-0.15, -0.1) is 11.3 Å². The molecule has 3 nitrogen and oxygen atoms in total. The number of thiophene rings is 1. The zero-order chi connectivity index (χ0) is 12.5. The highest BCUT2D eigenvalue weighted by Gasteiger charge is 2.10. The fourth-order valence-corrected chi connectivity index (χ4v) is 2.71. The molecule has 0 aliphatic heterocycles. The Morgan fingerprint density at radius 3 is 2.94 bits per heavy atom. The number of H-pyrrole nitrogens is 1. The maximum Gasteiger partial charge on any atom is 0.272 e. The Balaban J connectivity index is 1.85. The molecule has 1 amide bonds. The zero-order valence-corrected chi connectivity index (χ0v) is 10.8. The number of carbonyl (C=O) groups is 1. The second-order valence-corrected chi connectivity index (χ2v) is 5.23. The van der Waals surface area contributed by atoms with Gasteiger partial charge in [-0.3, -0.25) is 4.79 Å². The van der Waals surface area contributed by atoms with E-state index >= 15 is 0 Å². The lowest BCUT2D eigenvalue weighted by Crippen LogP contribution is -2.12. The van der Waals surface area contributed by atoms with Gasteiger partial charge in [0.05, 0.1) is 10.2 Å². The number of anilines is 1. The summed E-state index contributed by atoms with van der Waals surface area (Å²) in [6, 6.07) is 10.9. The fourth-order valence-electron chi connectivity index (χ4n) is 1.74. The van der Waals surface area contributed by atoms with Gasteiger partial charge in [0.1, 0.15) is 5.69 Å². The minimum Gasteiger partial charge on any atom is -0.350 e. The number of benzene rings is 1. The van der Waals surface area contributed by atoms with Crippen LogP contribution >= 0.6 is 22.9 Å². The fraction of sp³-hybridized carbons (Fsp3) is 0. The number of fused-ring (bicyclic) bond motifs is 1. The molecule has 0 aliphatic carbocycles. The molecule has 0 saturated heterocycles. The largest absolute Gasteiger partial charge is 0.350 e. The second-order valence-electron chi connectivity index (χ2n) is 3.85. The van der Waals surface area contributed by atoms with E-state index in [4.69, 9.17) is 11.6 Å². The summed E-state index contributed by atoms with van der Waals surface area (Å²) in [5.41, 5.74) is 2.22. The highest BCUT2D eigenvalue weighted by Crippen LogP contribution is 2.22. The van der Waals surface area contributed by atoms with Crippen molar-refractivity contribution in [2.75, 3.05) is 5.32 Å². The summed E-state index contributed by atoms with van der Waals surface area (Å²) in [5, 5.41) is 5.38. The van der Waals surface area contributed by atoms with Crippen LogP contribution in [0.2, 0.25) is 5.02 Å². The van der Waals surface area contributed by atoms with Crippen molar-refractivity contribution in [3.8, 4) is 0 Å².